The number of aliphatic hydroxyl groups is 1. The Kier molecular flexibility index (Phi) is 6.99. The Morgan fingerprint density at radius 1 is 1.38 bits per heavy atom. The Balaban J connectivity index is 2.71. The lowest BCUT2D eigenvalue weighted by molar-refractivity contribution is -0.142. The van der Waals surface area contributed by atoms with Crippen molar-refractivity contribution >= 4 is 11.9 Å². The highest BCUT2D eigenvalue weighted by atomic mass is 16.5. The van der Waals surface area contributed by atoms with Crippen LogP contribution in [0.3, 0.4) is 0 Å². The van der Waals surface area contributed by atoms with Crippen molar-refractivity contribution in [3.8, 4) is 11.8 Å². The number of amides is 1. The molecule has 0 aliphatic rings. The molecule has 1 amide bonds. The number of carbonyl (C=O) groups is 2. The summed E-state index contributed by atoms with van der Waals surface area (Å²) in [5.74, 6) is 4.63. The van der Waals surface area contributed by atoms with Gasteiger partial charge in [-0.2, -0.15) is 0 Å². The van der Waals surface area contributed by atoms with Gasteiger partial charge in [0.05, 0.1) is 18.6 Å². The zero-order chi connectivity index (χ0) is 15.7. The van der Waals surface area contributed by atoms with Gasteiger partial charge in [-0.25, -0.2) is 0 Å². The van der Waals surface area contributed by atoms with E-state index in [-0.39, 0.29) is 31.4 Å². The van der Waals surface area contributed by atoms with E-state index in [1.807, 2.05) is 13.0 Å². The number of rotatable bonds is 5. The van der Waals surface area contributed by atoms with Crippen molar-refractivity contribution in [1.82, 2.24) is 5.32 Å². The Morgan fingerprint density at radius 2 is 2.14 bits per heavy atom. The van der Waals surface area contributed by atoms with E-state index >= 15 is 0 Å². The summed E-state index contributed by atoms with van der Waals surface area (Å²) in [5, 5.41) is 11.4. The molecule has 0 bridgehead atoms. The van der Waals surface area contributed by atoms with Gasteiger partial charge in [0.15, 0.2) is 0 Å². The maximum absolute atomic E-state index is 12.1. The monoisotopic (exact) mass is 289 g/mol. The van der Waals surface area contributed by atoms with E-state index in [9.17, 15) is 9.59 Å². The van der Waals surface area contributed by atoms with Crippen LogP contribution < -0.4 is 5.32 Å². The summed E-state index contributed by atoms with van der Waals surface area (Å²) in [6.07, 6.45) is 0.128. The molecule has 0 unspecified atom stereocenters. The van der Waals surface area contributed by atoms with Crippen molar-refractivity contribution < 1.29 is 19.4 Å². The summed E-state index contributed by atoms with van der Waals surface area (Å²) < 4.78 is 4.78. The van der Waals surface area contributed by atoms with Gasteiger partial charge in [-0.15, -0.1) is 0 Å². The molecule has 0 aliphatic heterocycles. The van der Waals surface area contributed by atoms with Gasteiger partial charge in [-0.3, -0.25) is 9.59 Å². The average Bonchev–Trinajstić information content (AvgIpc) is 2.45. The third-order valence-electron chi connectivity index (χ3n) is 2.64. The molecule has 1 aromatic carbocycles. The van der Waals surface area contributed by atoms with Crippen LogP contribution in [0.4, 0.5) is 0 Å². The predicted octanol–water partition coefficient (Wildman–Crippen LogP) is 1.02. The van der Waals surface area contributed by atoms with Gasteiger partial charge in [0, 0.05) is 12.1 Å². The minimum atomic E-state index is -0.345. The summed E-state index contributed by atoms with van der Waals surface area (Å²) >= 11 is 0. The summed E-state index contributed by atoms with van der Waals surface area (Å²) in [7, 11) is 0. The maximum Gasteiger partial charge on any atom is 0.307 e. The van der Waals surface area contributed by atoms with Crippen LogP contribution in [0.15, 0.2) is 18.2 Å². The van der Waals surface area contributed by atoms with Gasteiger partial charge in [-0.05, 0) is 31.5 Å². The topological polar surface area (TPSA) is 75.6 Å². The van der Waals surface area contributed by atoms with Crippen molar-refractivity contribution in [2.75, 3.05) is 19.8 Å². The van der Waals surface area contributed by atoms with Gasteiger partial charge in [0.25, 0.3) is 5.91 Å². The summed E-state index contributed by atoms with van der Waals surface area (Å²) in [5.41, 5.74) is 1.95. The van der Waals surface area contributed by atoms with Crippen LogP contribution in [-0.4, -0.2) is 36.7 Å². The predicted molar refractivity (Wildman–Crippen MR) is 78.7 cm³/mol. The number of esters is 1. The second kappa shape index (κ2) is 8.77. The Morgan fingerprint density at radius 3 is 2.81 bits per heavy atom. The van der Waals surface area contributed by atoms with Crippen LogP contribution in [0.1, 0.15) is 34.8 Å². The standard InChI is InChI=1S/C16H19NO4/c1-3-21-15(19)8-9-17-16(20)14-7-6-12(2)11-13(14)5-4-10-18/h6-7,11,18H,3,8-10H2,1-2H3,(H,17,20). The summed E-state index contributed by atoms with van der Waals surface area (Å²) in [4.78, 5) is 23.3. The van der Waals surface area contributed by atoms with Gasteiger partial charge >= 0.3 is 5.97 Å². The van der Waals surface area contributed by atoms with E-state index in [1.165, 1.54) is 0 Å². The van der Waals surface area contributed by atoms with Crippen molar-refractivity contribution in [3.63, 3.8) is 0 Å². The second-order valence-electron chi connectivity index (χ2n) is 4.32. The highest BCUT2D eigenvalue weighted by Gasteiger charge is 2.11. The van der Waals surface area contributed by atoms with Crippen LogP contribution in [0.5, 0.6) is 0 Å². The molecule has 0 heterocycles. The number of hydrogen-bond acceptors (Lipinski definition) is 4. The van der Waals surface area contributed by atoms with Crippen molar-refractivity contribution in [2.24, 2.45) is 0 Å². The molecule has 112 valence electrons. The molecule has 0 fully saturated rings. The zero-order valence-corrected chi connectivity index (χ0v) is 12.2. The number of aliphatic hydroxyl groups excluding tert-OH is 1. The lowest BCUT2D eigenvalue weighted by Gasteiger charge is -2.07. The lowest BCUT2D eigenvalue weighted by atomic mass is 10.0. The highest BCUT2D eigenvalue weighted by Crippen LogP contribution is 2.10. The minimum Gasteiger partial charge on any atom is -0.466 e. The van der Waals surface area contributed by atoms with E-state index < -0.39 is 0 Å². The first-order chi connectivity index (χ1) is 10.1. The molecule has 1 aromatic rings. The number of carbonyl (C=O) groups excluding carboxylic acids is 2. The van der Waals surface area contributed by atoms with E-state index in [2.05, 4.69) is 17.2 Å². The number of ether oxygens (including phenoxy) is 1. The highest BCUT2D eigenvalue weighted by molar-refractivity contribution is 5.97. The number of aryl methyl sites for hydroxylation is 1. The molecule has 5 nitrogen and oxygen atoms in total. The van der Waals surface area contributed by atoms with Gasteiger partial charge in [0.2, 0.25) is 0 Å². The van der Waals surface area contributed by atoms with Crippen LogP contribution >= 0.6 is 0 Å². The smallest absolute Gasteiger partial charge is 0.307 e. The first-order valence-electron chi connectivity index (χ1n) is 6.72. The minimum absolute atomic E-state index is 0.128. The molecule has 0 aliphatic carbocycles. The zero-order valence-electron chi connectivity index (χ0n) is 12.2. The fourth-order valence-electron chi connectivity index (χ4n) is 1.70. The normalized spacial score (nSPS) is 9.48. The molecule has 2 N–H and O–H groups in total. The molecule has 0 radical (unpaired) electrons. The Hall–Kier alpha value is -2.32. The fourth-order valence-corrected chi connectivity index (χ4v) is 1.70. The van der Waals surface area contributed by atoms with E-state index in [4.69, 9.17) is 9.84 Å². The number of nitrogens with one attached hydrogen (secondary N) is 1. The molecule has 0 atom stereocenters. The van der Waals surface area contributed by atoms with Gasteiger partial charge in [-0.1, -0.05) is 17.9 Å². The second-order valence-corrected chi connectivity index (χ2v) is 4.32. The largest absolute Gasteiger partial charge is 0.466 e. The molecule has 0 saturated carbocycles. The van der Waals surface area contributed by atoms with Gasteiger partial charge < -0.3 is 15.2 Å². The first-order valence-corrected chi connectivity index (χ1v) is 6.72. The Labute approximate surface area is 124 Å². The number of hydrogen-bond donors (Lipinski definition) is 2. The third kappa shape index (κ3) is 5.67. The molecule has 5 heteroatoms. The first kappa shape index (κ1) is 16.7. The van der Waals surface area contributed by atoms with Crippen molar-refractivity contribution in [1.29, 1.82) is 0 Å². The van der Waals surface area contributed by atoms with Crippen LogP contribution in [0.25, 0.3) is 0 Å². The lowest BCUT2D eigenvalue weighted by Crippen LogP contribution is -2.27. The maximum atomic E-state index is 12.1. The molecule has 0 aromatic heterocycles. The van der Waals surface area contributed by atoms with Crippen LogP contribution in [0, 0.1) is 18.8 Å². The van der Waals surface area contributed by atoms with E-state index in [1.54, 1.807) is 19.1 Å². The molecular formula is C16H19NO4. The SMILES string of the molecule is CCOC(=O)CCNC(=O)c1ccc(C)cc1C#CCO. The fraction of sp³-hybridized carbons (Fsp3) is 0.375. The molecule has 0 spiro atoms. The van der Waals surface area contributed by atoms with E-state index in [0.29, 0.717) is 17.7 Å². The van der Waals surface area contributed by atoms with Crippen molar-refractivity contribution in [2.45, 2.75) is 20.3 Å². The molecule has 1 rings (SSSR count). The van der Waals surface area contributed by atoms with Crippen molar-refractivity contribution in [3.05, 3.63) is 34.9 Å². The molecular weight excluding hydrogens is 270 g/mol. The number of benzene rings is 1. The van der Waals surface area contributed by atoms with E-state index in [0.717, 1.165) is 5.56 Å². The average molecular weight is 289 g/mol. The summed E-state index contributed by atoms with van der Waals surface area (Å²) in [6.45, 7) is 3.89. The van der Waals surface area contributed by atoms with Crippen LogP contribution in [-0.2, 0) is 9.53 Å². The van der Waals surface area contributed by atoms with Gasteiger partial charge in [0.1, 0.15) is 6.61 Å². The Bertz CT molecular complexity index is 569. The quantitative estimate of drug-likeness (QED) is 0.627. The molecule has 21 heavy (non-hydrogen) atoms. The molecule has 0 saturated heterocycles. The van der Waals surface area contributed by atoms with Crippen LogP contribution in [0.2, 0.25) is 0 Å². The third-order valence-corrected chi connectivity index (χ3v) is 2.64. The summed E-state index contributed by atoms with van der Waals surface area (Å²) in [6, 6.07) is 5.27.